The van der Waals surface area contributed by atoms with Crippen LogP contribution in [-0.4, -0.2) is 21.9 Å². The molecule has 0 aromatic heterocycles. The van der Waals surface area contributed by atoms with Crippen LogP contribution >= 0.6 is 23.4 Å². The molecule has 0 aliphatic heterocycles. The molecule has 0 saturated heterocycles. The van der Waals surface area contributed by atoms with Gasteiger partial charge in [0.15, 0.2) is 0 Å². The summed E-state index contributed by atoms with van der Waals surface area (Å²) in [5.41, 5.74) is 1.29. The molecule has 164 valence electrons. The summed E-state index contributed by atoms with van der Waals surface area (Å²) in [6.45, 7) is 1.98. The number of nitrogens with one attached hydrogen (secondary N) is 1. The Bertz CT molecular complexity index is 1010. The van der Waals surface area contributed by atoms with Crippen LogP contribution < -0.4 is 5.32 Å². The second-order valence-electron chi connectivity index (χ2n) is 9.52. The number of thioether (sulfide) groups is 1. The number of amides is 1. The first-order valence-electron chi connectivity index (χ1n) is 11.1. The number of hydrogen-bond acceptors (Lipinski definition) is 3. The van der Waals surface area contributed by atoms with Crippen molar-refractivity contribution in [3.8, 4) is 0 Å². The largest absolute Gasteiger partial charge is 0.390 e. The highest BCUT2D eigenvalue weighted by Crippen LogP contribution is 2.53. The topological polar surface area (TPSA) is 49.3 Å². The van der Waals surface area contributed by atoms with Gasteiger partial charge >= 0.3 is 0 Å². The number of carbonyl (C=O) groups excluding carboxylic acids is 1. The van der Waals surface area contributed by atoms with Gasteiger partial charge in [0.2, 0.25) is 0 Å². The molecule has 4 atom stereocenters. The van der Waals surface area contributed by atoms with E-state index in [4.69, 9.17) is 11.6 Å². The number of aliphatic hydroxyl groups is 1. The Labute approximate surface area is 191 Å². The minimum Gasteiger partial charge on any atom is -0.390 e. The zero-order valence-electron chi connectivity index (χ0n) is 17.5. The third-order valence-electron chi connectivity index (χ3n) is 7.37. The van der Waals surface area contributed by atoms with Gasteiger partial charge in [-0.25, -0.2) is 4.39 Å². The van der Waals surface area contributed by atoms with E-state index in [1.807, 2.05) is 13.0 Å². The van der Waals surface area contributed by atoms with Crippen molar-refractivity contribution in [2.45, 2.75) is 67.1 Å². The van der Waals surface area contributed by atoms with E-state index in [-0.39, 0.29) is 17.6 Å². The summed E-state index contributed by atoms with van der Waals surface area (Å²) in [7, 11) is 0. The third kappa shape index (κ3) is 4.24. The lowest BCUT2D eigenvalue weighted by atomic mass is 9.76. The average molecular weight is 460 g/mol. The van der Waals surface area contributed by atoms with Crippen molar-refractivity contribution in [2.75, 3.05) is 5.32 Å². The molecule has 3 fully saturated rings. The van der Waals surface area contributed by atoms with E-state index in [1.54, 1.807) is 36.0 Å². The molecule has 2 N–H and O–H groups in total. The summed E-state index contributed by atoms with van der Waals surface area (Å²) in [4.78, 5) is 13.8. The molecule has 31 heavy (non-hydrogen) atoms. The Morgan fingerprint density at radius 1 is 1.13 bits per heavy atom. The Morgan fingerprint density at radius 3 is 2.52 bits per heavy atom. The maximum atomic E-state index is 14.0. The fraction of sp³-hybridized carbons (Fsp3) is 0.480. The van der Waals surface area contributed by atoms with Crippen molar-refractivity contribution in [1.82, 2.24) is 0 Å². The van der Waals surface area contributed by atoms with Gasteiger partial charge in [-0.15, -0.1) is 11.8 Å². The van der Waals surface area contributed by atoms with Crippen LogP contribution in [0.3, 0.4) is 0 Å². The molecule has 2 aromatic carbocycles. The van der Waals surface area contributed by atoms with Gasteiger partial charge in [0, 0.05) is 21.4 Å². The quantitative estimate of drug-likeness (QED) is 0.526. The summed E-state index contributed by atoms with van der Waals surface area (Å²) in [6.07, 6.45) is 6.13. The van der Waals surface area contributed by atoms with Crippen LogP contribution in [0.15, 0.2) is 41.3 Å². The van der Waals surface area contributed by atoms with Gasteiger partial charge in [-0.1, -0.05) is 11.6 Å². The van der Waals surface area contributed by atoms with Gasteiger partial charge < -0.3 is 10.4 Å². The molecule has 1 unspecified atom stereocenters. The smallest absolute Gasteiger partial charge is 0.255 e. The first kappa shape index (κ1) is 21.3. The monoisotopic (exact) mass is 459 g/mol. The number of halogens is 2. The standard InChI is InChI=1S/C25H27ClFNO2S/c1-25(30)16-5-6-17(25)12-19(11-16)31-23-10-15(4-8-21(23)26)24(29)28-18-7-9-22(27)20(13-18)14-2-3-14/h4,7-10,13-14,16-17,19,30H,2-3,5-6,11-12H2,1H3,(H,28,29)/t16-,17?,19-,25-/m0/s1. The van der Waals surface area contributed by atoms with Crippen LogP contribution in [0.25, 0.3) is 0 Å². The van der Waals surface area contributed by atoms with Crippen LogP contribution in [0, 0.1) is 17.7 Å². The minimum absolute atomic E-state index is 0.203. The molecule has 3 aliphatic rings. The van der Waals surface area contributed by atoms with Gasteiger partial charge in [-0.2, -0.15) is 0 Å². The first-order chi connectivity index (χ1) is 14.8. The van der Waals surface area contributed by atoms with E-state index < -0.39 is 5.60 Å². The molecular formula is C25H27ClFNO2S. The highest BCUT2D eigenvalue weighted by Gasteiger charge is 2.50. The predicted octanol–water partition coefficient (Wildman–Crippen LogP) is 6.64. The second-order valence-corrected chi connectivity index (χ2v) is 11.3. The normalized spacial score (nSPS) is 29.7. The Morgan fingerprint density at radius 2 is 1.84 bits per heavy atom. The second kappa shape index (κ2) is 8.09. The number of hydrogen-bond donors (Lipinski definition) is 2. The molecule has 3 aliphatic carbocycles. The molecule has 5 rings (SSSR count). The lowest BCUT2D eigenvalue weighted by Crippen LogP contribution is -2.42. The Hall–Kier alpha value is -1.56. The van der Waals surface area contributed by atoms with Gasteiger partial charge in [0.25, 0.3) is 5.91 Å². The summed E-state index contributed by atoms with van der Waals surface area (Å²) in [6, 6.07) is 10.1. The highest BCUT2D eigenvalue weighted by atomic mass is 35.5. The lowest BCUT2D eigenvalue weighted by molar-refractivity contribution is -0.0407. The average Bonchev–Trinajstić information content (AvgIpc) is 3.55. The molecule has 6 heteroatoms. The highest BCUT2D eigenvalue weighted by molar-refractivity contribution is 8.00. The van der Waals surface area contributed by atoms with Crippen LogP contribution in [0.4, 0.5) is 10.1 Å². The predicted molar refractivity (Wildman–Crippen MR) is 123 cm³/mol. The summed E-state index contributed by atoms with van der Waals surface area (Å²) >= 11 is 8.18. The van der Waals surface area contributed by atoms with Crippen molar-refractivity contribution >= 4 is 35.0 Å². The number of fused-ring (bicyclic) bond motifs is 2. The molecule has 3 nitrogen and oxygen atoms in total. The number of carbonyl (C=O) groups is 1. The number of rotatable bonds is 5. The van der Waals surface area contributed by atoms with E-state index in [1.165, 1.54) is 6.07 Å². The molecule has 0 spiro atoms. The SMILES string of the molecule is C[C@@]1(O)C2CC[C@H]1C[C@H](Sc1cc(C(=O)Nc3ccc(F)c(C4CC4)c3)ccc1Cl)C2. The molecule has 2 aromatic rings. The van der Waals surface area contributed by atoms with Crippen molar-refractivity contribution < 1.29 is 14.3 Å². The molecule has 2 bridgehead atoms. The Kier molecular flexibility index (Phi) is 5.56. The lowest BCUT2D eigenvalue weighted by Gasteiger charge is -2.40. The van der Waals surface area contributed by atoms with Gasteiger partial charge in [0.1, 0.15) is 5.82 Å². The van der Waals surface area contributed by atoms with Crippen LogP contribution in [0.5, 0.6) is 0 Å². The summed E-state index contributed by atoms with van der Waals surface area (Å²) < 4.78 is 14.0. The van der Waals surface area contributed by atoms with Crippen LogP contribution in [-0.2, 0) is 0 Å². The summed E-state index contributed by atoms with van der Waals surface area (Å²) in [5, 5.41) is 14.7. The number of benzene rings is 2. The molecular weight excluding hydrogens is 433 g/mol. The van der Waals surface area contributed by atoms with E-state index in [2.05, 4.69) is 5.32 Å². The van der Waals surface area contributed by atoms with Crippen molar-refractivity contribution in [2.24, 2.45) is 11.8 Å². The van der Waals surface area contributed by atoms with Crippen LogP contribution in [0.1, 0.15) is 67.3 Å². The van der Waals surface area contributed by atoms with E-state index >= 15 is 0 Å². The third-order valence-corrected chi connectivity index (χ3v) is 9.12. The molecule has 0 heterocycles. The minimum atomic E-state index is -0.545. The van der Waals surface area contributed by atoms with Gasteiger partial charge in [0.05, 0.1) is 10.6 Å². The van der Waals surface area contributed by atoms with E-state index in [0.717, 1.165) is 43.4 Å². The van der Waals surface area contributed by atoms with Crippen LogP contribution in [0.2, 0.25) is 5.02 Å². The fourth-order valence-electron chi connectivity index (χ4n) is 5.31. The zero-order chi connectivity index (χ0) is 21.8. The van der Waals surface area contributed by atoms with Gasteiger partial charge in [-0.3, -0.25) is 4.79 Å². The fourth-order valence-corrected chi connectivity index (χ4v) is 6.95. The zero-order valence-corrected chi connectivity index (χ0v) is 19.1. The summed E-state index contributed by atoms with van der Waals surface area (Å²) in [5.74, 6) is 0.535. The number of anilines is 1. The van der Waals surface area contributed by atoms with Crippen molar-refractivity contribution in [1.29, 1.82) is 0 Å². The molecule has 0 radical (unpaired) electrons. The first-order valence-corrected chi connectivity index (χ1v) is 12.4. The van der Waals surface area contributed by atoms with Crippen molar-refractivity contribution in [3.63, 3.8) is 0 Å². The molecule has 3 saturated carbocycles. The maximum Gasteiger partial charge on any atom is 0.255 e. The van der Waals surface area contributed by atoms with Crippen molar-refractivity contribution in [3.05, 3.63) is 58.4 Å². The van der Waals surface area contributed by atoms with E-state index in [0.29, 0.717) is 38.9 Å². The maximum absolute atomic E-state index is 14.0. The van der Waals surface area contributed by atoms with E-state index in [9.17, 15) is 14.3 Å². The van der Waals surface area contributed by atoms with Gasteiger partial charge in [-0.05, 0) is 105 Å². The molecule has 1 amide bonds. The Balaban J connectivity index is 1.29.